The second-order valence-corrected chi connectivity index (χ2v) is 4.11. The molecule has 13 heavy (non-hydrogen) atoms. The summed E-state index contributed by atoms with van der Waals surface area (Å²) in [5.74, 6) is 0. The number of aliphatic hydroxyl groups is 1. The van der Waals surface area contributed by atoms with Crippen molar-refractivity contribution in [2.24, 2.45) is 5.73 Å². The zero-order valence-electron chi connectivity index (χ0n) is 7.17. The first kappa shape index (κ1) is 11.0. The molecule has 2 atom stereocenters. The van der Waals surface area contributed by atoms with Crippen LogP contribution < -0.4 is 5.73 Å². The van der Waals surface area contributed by atoms with Crippen molar-refractivity contribution >= 4 is 27.5 Å². The summed E-state index contributed by atoms with van der Waals surface area (Å²) in [6.45, 7) is 1.65. The maximum atomic E-state index is 9.30. The molecule has 3 N–H and O–H groups in total. The van der Waals surface area contributed by atoms with Gasteiger partial charge in [0.05, 0.1) is 17.2 Å². The highest BCUT2D eigenvalue weighted by molar-refractivity contribution is 9.10. The number of benzene rings is 1. The minimum absolute atomic E-state index is 0.409. The molecule has 0 saturated heterocycles. The number of hydrogen-bond acceptors (Lipinski definition) is 2. The molecule has 0 aliphatic carbocycles. The smallest absolute Gasteiger partial charge is 0.0705 e. The number of nitrogens with two attached hydrogens (primary N) is 1. The summed E-state index contributed by atoms with van der Waals surface area (Å²) < 4.78 is 0.755. The van der Waals surface area contributed by atoms with Crippen molar-refractivity contribution in [3.63, 3.8) is 0 Å². The Morgan fingerprint density at radius 2 is 2.15 bits per heavy atom. The normalized spacial score (nSPS) is 15.5. The minimum Gasteiger partial charge on any atom is -0.391 e. The van der Waals surface area contributed by atoms with E-state index in [0.29, 0.717) is 5.02 Å². The van der Waals surface area contributed by atoms with Crippen LogP contribution in [0.1, 0.15) is 18.5 Å². The molecule has 1 rings (SSSR count). The molecule has 0 unspecified atom stereocenters. The summed E-state index contributed by atoms with van der Waals surface area (Å²) in [6.07, 6.45) is -0.588. The summed E-state index contributed by atoms with van der Waals surface area (Å²) in [5.41, 5.74) is 6.59. The van der Waals surface area contributed by atoms with Crippen LogP contribution in [0, 0.1) is 0 Å². The van der Waals surface area contributed by atoms with Crippen molar-refractivity contribution in [2.75, 3.05) is 0 Å². The van der Waals surface area contributed by atoms with Gasteiger partial charge in [0, 0.05) is 4.47 Å². The van der Waals surface area contributed by atoms with E-state index >= 15 is 0 Å². The lowest BCUT2D eigenvalue weighted by Gasteiger charge is -2.16. The van der Waals surface area contributed by atoms with Crippen LogP contribution in [0.3, 0.4) is 0 Å². The molecular formula is C9H11BrClNO. The lowest BCUT2D eigenvalue weighted by molar-refractivity contribution is 0.164. The van der Waals surface area contributed by atoms with Crippen LogP contribution in [-0.2, 0) is 0 Å². The van der Waals surface area contributed by atoms with E-state index in [2.05, 4.69) is 15.9 Å². The third-order valence-electron chi connectivity index (χ3n) is 1.86. The van der Waals surface area contributed by atoms with Crippen LogP contribution >= 0.6 is 27.5 Å². The van der Waals surface area contributed by atoms with Crippen LogP contribution in [0.2, 0.25) is 5.02 Å². The van der Waals surface area contributed by atoms with E-state index in [1.165, 1.54) is 0 Å². The van der Waals surface area contributed by atoms with Crippen molar-refractivity contribution in [2.45, 2.75) is 19.1 Å². The predicted molar refractivity (Wildman–Crippen MR) is 57.8 cm³/mol. The molecule has 0 amide bonds. The lowest BCUT2D eigenvalue weighted by atomic mass is 10.0. The van der Waals surface area contributed by atoms with E-state index in [1.807, 2.05) is 12.1 Å². The first-order valence-electron chi connectivity index (χ1n) is 3.91. The highest BCUT2D eigenvalue weighted by Gasteiger charge is 2.15. The highest BCUT2D eigenvalue weighted by Crippen LogP contribution is 2.30. The van der Waals surface area contributed by atoms with E-state index < -0.39 is 12.1 Å². The molecule has 0 fully saturated rings. The number of aliphatic hydroxyl groups excluding tert-OH is 1. The summed E-state index contributed by atoms with van der Waals surface area (Å²) >= 11 is 9.20. The van der Waals surface area contributed by atoms with Crippen LogP contribution in [0.25, 0.3) is 0 Å². The molecular weight excluding hydrogens is 253 g/mol. The molecule has 0 saturated carbocycles. The molecule has 4 heteroatoms. The van der Waals surface area contributed by atoms with E-state index in [1.54, 1.807) is 13.0 Å². The number of hydrogen-bond donors (Lipinski definition) is 2. The lowest BCUT2D eigenvalue weighted by Crippen LogP contribution is -2.23. The van der Waals surface area contributed by atoms with Gasteiger partial charge in [-0.2, -0.15) is 0 Å². The molecule has 0 heterocycles. The Balaban J connectivity index is 3.07. The van der Waals surface area contributed by atoms with Crippen LogP contribution in [0.15, 0.2) is 22.7 Å². The Morgan fingerprint density at radius 1 is 1.54 bits per heavy atom. The van der Waals surface area contributed by atoms with Gasteiger partial charge in [-0.05, 0) is 34.5 Å². The first-order valence-corrected chi connectivity index (χ1v) is 5.08. The van der Waals surface area contributed by atoms with Gasteiger partial charge < -0.3 is 10.8 Å². The molecule has 2 nitrogen and oxygen atoms in total. The zero-order chi connectivity index (χ0) is 10.0. The molecule has 72 valence electrons. The van der Waals surface area contributed by atoms with Gasteiger partial charge in [-0.3, -0.25) is 0 Å². The molecule has 0 aliphatic heterocycles. The molecule has 0 bridgehead atoms. The second kappa shape index (κ2) is 4.42. The summed E-state index contributed by atoms with van der Waals surface area (Å²) in [7, 11) is 0. The van der Waals surface area contributed by atoms with Crippen molar-refractivity contribution < 1.29 is 5.11 Å². The largest absolute Gasteiger partial charge is 0.391 e. The Kier molecular flexibility index (Phi) is 3.74. The fourth-order valence-corrected chi connectivity index (χ4v) is 1.75. The van der Waals surface area contributed by atoms with Gasteiger partial charge >= 0.3 is 0 Å². The zero-order valence-corrected chi connectivity index (χ0v) is 9.51. The Hall–Kier alpha value is -0.0900. The van der Waals surface area contributed by atoms with Gasteiger partial charge in [0.15, 0.2) is 0 Å². The maximum absolute atomic E-state index is 9.30. The average molecular weight is 265 g/mol. The maximum Gasteiger partial charge on any atom is 0.0705 e. The Bertz CT molecular complexity index is 304. The molecule has 0 aromatic heterocycles. The SMILES string of the molecule is C[C@@H](O)[C@H](N)c1cccc(Cl)c1Br. The van der Waals surface area contributed by atoms with Crippen LogP contribution in [-0.4, -0.2) is 11.2 Å². The molecule has 0 spiro atoms. The number of halogens is 2. The topological polar surface area (TPSA) is 46.2 Å². The van der Waals surface area contributed by atoms with Crippen LogP contribution in [0.4, 0.5) is 0 Å². The average Bonchev–Trinajstić information content (AvgIpc) is 2.08. The van der Waals surface area contributed by atoms with Gasteiger partial charge in [0.2, 0.25) is 0 Å². The number of rotatable bonds is 2. The van der Waals surface area contributed by atoms with Crippen molar-refractivity contribution in [3.8, 4) is 0 Å². The van der Waals surface area contributed by atoms with Gasteiger partial charge in [-0.1, -0.05) is 23.7 Å². The van der Waals surface area contributed by atoms with E-state index in [9.17, 15) is 5.11 Å². The van der Waals surface area contributed by atoms with Gasteiger partial charge in [-0.15, -0.1) is 0 Å². The molecule has 0 radical (unpaired) electrons. The van der Waals surface area contributed by atoms with Gasteiger partial charge in [0.25, 0.3) is 0 Å². The molecule has 1 aromatic rings. The Morgan fingerprint density at radius 3 is 2.69 bits per heavy atom. The highest BCUT2D eigenvalue weighted by atomic mass is 79.9. The Labute approximate surface area is 90.8 Å². The minimum atomic E-state index is -0.588. The molecule has 0 aliphatic rings. The first-order chi connectivity index (χ1) is 6.04. The quantitative estimate of drug-likeness (QED) is 0.862. The van der Waals surface area contributed by atoms with Gasteiger partial charge in [0.1, 0.15) is 0 Å². The van der Waals surface area contributed by atoms with E-state index in [0.717, 1.165) is 10.0 Å². The molecule has 1 aromatic carbocycles. The fourth-order valence-electron chi connectivity index (χ4n) is 1.04. The summed E-state index contributed by atoms with van der Waals surface area (Å²) in [6, 6.07) is 5.01. The monoisotopic (exact) mass is 263 g/mol. The van der Waals surface area contributed by atoms with Crippen molar-refractivity contribution in [3.05, 3.63) is 33.3 Å². The summed E-state index contributed by atoms with van der Waals surface area (Å²) in [5, 5.41) is 9.91. The van der Waals surface area contributed by atoms with E-state index in [-0.39, 0.29) is 0 Å². The van der Waals surface area contributed by atoms with Crippen molar-refractivity contribution in [1.82, 2.24) is 0 Å². The second-order valence-electron chi connectivity index (χ2n) is 2.91. The third-order valence-corrected chi connectivity index (χ3v) is 3.29. The third kappa shape index (κ3) is 2.44. The van der Waals surface area contributed by atoms with E-state index in [4.69, 9.17) is 17.3 Å². The van der Waals surface area contributed by atoms with Gasteiger partial charge in [-0.25, -0.2) is 0 Å². The predicted octanol–water partition coefficient (Wildman–Crippen LogP) is 2.48. The van der Waals surface area contributed by atoms with Crippen LogP contribution in [0.5, 0.6) is 0 Å². The van der Waals surface area contributed by atoms with Crippen molar-refractivity contribution in [1.29, 1.82) is 0 Å². The fraction of sp³-hybridized carbons (Fsp3) is 0.333. The standard InChI is InChI=1S/C9H11BrClNO/c1-5(13)9(12)6-3-2-4-7(11)8(6)10/h2-5,9,13H,12H2,1H3/t5-,9+/m1/s1. The summed E-state index contributed by atoms with van der Waals surface area (Å²) in [4.78, 5) is 0.